The average Bonchev–Trinajstić information content (AvgIpc) is 1.69. The molecule has 0 aliphatic carbocycles. The molecule has 49 valence electrons. The summed E-state index contributed by atoms with van der Waals surface area (Å²) in [6.45, 7) is 6.31. The van der Waals surface area contributed by atoms with E-state index in [1.165, 1.54) is 12.8 Å². The van der Waals surface area contributed by atoms with Crippen LogP contribution >= 0.6 is 0 Å². The van der Waals surface area contributed by atoms with Gasteiger partial charge in [-0.1, -0.05) is 26.7 Å². The Morgan fingerprint density at radius 1 is 1.25 bits per heavy atom. The first-order valence-corrected chi connectivity index (χ1v) is 3.05. The van der Waals surface area contributed by atoms with E-state index < -0.39 is 0 Å². The first kappa shape index (κ1) is 11.4. The minimum atomic E-state index is 0. The summed E-state index contributed by atoms with van der Waals surface area (Å²) < 4.78 is 0. The zero-order chi connectivity index (χ0) is 5.54. The Labute approximate surface area is 64.1 Å². The van der Waals surface area contributed by atoms with Crippen LogP contribution in [0.25, 0.3) is 5.32 Å². The minimum absolute atomic E-state index is 0. The molecule has 0 aromatic heterocycles. The summed E-state index contributed by atoms with van der Waals surface area (Å²) in [5.41, 5.74) is 0. The van der Waals surface area contributed by atoms with Crippen molar-refractivity contribution in [2.24, 2.45) is 0 Å². The fourth-order valence-electron chi connectivity index (χ4n) is 0.428. The molecule has 0 heterocycles. The van der Waals surface area contributed by atoms with Gasteiger partial charge in [0.1, 0.15) is 0 Å². The molecule has 0 aromatic carbocycles. The van der Waals surface area contributed by atoms with Gasteiger partial charge in [0, 0.05) is 18.6 Å². The molecular weight excluding hydrogens is 137 g/mol. The van der Waals surface area contributed by atoms with Crippen molar-refractivity contribution >= 4 is 0 Å². The molecule has 8 heavy (non-hydrogen) atoms. The average molecular weight is 151 g/mol. The van der Waals surface area contributed by atoms with E-state index in [1.807, 2.05) is 0 Å². The predicted octanol–water partition coefficient (Wildman–Crippen LogP) is 2.18. The van der Waals surface area contributed by atoms with Crippen LogP contribution in [0, 0.1) is 0 Å². The van der Waals surface area contributed by atoms with Crippen molar-refractivity contribution in [1.82, 2.24) is 0 Å². The number of hydrogen-bond acceptors (Lipinski definition) is 0. The second-order valence-electron chi connectivity index (χ2n) is 1.62. The summed E-state index contributed by atoms with van der Waals surface area (Å²) in [5.74, 6) is 0. The maximum absolute atomic E-state index is 4.16. The van der Waals surface area contributed by atoms with Crippen LogP contribution in [0.3, 0.4) is 0 Å². The number of hydrogen-bond donors (Lipinski definition) is 0. The summed E-state index contributed by atoms with van der Waals surface area (Å²) >= 11 is 0. The van der Waals surface area contributed by atoms with Crippen molar-refractivity contribution in [1.29, 1.82) is 0 Å². The second kappa shape index (κ2) is 10.5. The van der Waals surface area contributed by atoms with Gasteiger partial charge in [0.15, 0.2) is 0 Å². The van der Waals surface area contributed by atoms with Gasteiger partial charge in [-0.25, -0.2) is 0 Å². The fourth-order valence-corrected chi connectivity index (χ4v) is 0.428. The third kappa shape index (κ3) is 9.74. The van der Waals surface area contributed by atoms with E-state index in [9.17, 15) is 0 Å². The van der Waals surface area contributed by atoms with E-state index in [1.54, 1.807) is 0 Å². The molecule has 0 spiro atoms. The Morgan fingerprint density at radius 3 is 2.25 bits per heavy atom. The molecule has 0 fully saturated rings. The quantitative estimate of drug-likeness (QED) is 0.547. The monoisotopic (exact) mass is 151 g/mol. The second-order valence-corrected chi connectivity index (χ2v) is 1.62. The van der Waals surface area contributed by atoms with Crippen LogP contribution in [0.15, 0.2) is 0 Å². The van der Waals surface area contributed by atoms with E-state index in [0.717, 1.165) is 13.1 Å². The Balaban J connectivity index is 0. The Hall–Kier alpha value is 0.544. The third-order valence-corrected chi connectivity index (χ3v) is 0.893. The molecular formula is C6H14NV-. The van der Waals surface area contributed by atoms with Crippen molar-refractivity contribution in [3.8, 4) is 0 Å². The normalized spacial score (nSPS) is 8.25. The Kier molecular flexibility index (Phi) is 14.9. The van der Waals surface area contributed by atoms with Crippen molar-refractivity contribution in [2.45, 2.75) is 26.7 Å². The molecule has 0 amide bonds. The van der Waals surface area contributed by atoms with Gasteiger partial charge in [-0.05, 0) is 0 Å². The van der Waals surface area contributed by atoms with Crippen LogP contribution in [-0.2, 0) is 18.6 Å². The topological polar surface area (TPSA) is 14.1 Å². The zero-order valence-corrected chi connectivity index (χ0v) is 7.12. The molecule has 1 nitrogen and oxygen atoms in total. The maximum Gasteiger partial charge on any atom is 0 e. The van der Waals surface area contributed by atoms with E-state index in [0.29, 0.717) is 0 Å². The van der Waals surface area contributed by atoms with Crippen LogP contribution in [0.4, 0.5) is 0 Å². The van der Waals surface area contributed by atoms with Crippen LogP contribution < -0.4 is 0 Å². The molecule has 0 bridgehead atoms. The molecule has 0 unspecified atom stereocenters. The van der Waals surface area contributed by atoms with Crippen molar-refractivity contribution < 1.29 is 18.6 Å². The Morgan fingerprint density at radius 2 is 1.88 bits per heavy atom. The fraction of sp³-hybridized carbons (Fsp3) is 1.00. The van der Waals surface area contributed by atoms with Gasteiger partial charge in [0.05, 0.1) is 0 Å². The summed E-state index contributed by atoms with van der Waals surface area (Å²) in [6.07, 6.45) is 2.53. The van der Waals surface area contributed by atoms with E-state index >= 15 is 0 Å². The van der Waals surface area contributed by atoms with Crippen LogP contribution in [0.2, 0.25) is 0 Å². The van der Waals surface area contributed by atoms with Crippen LogP contribution in [0.1, 0.15) is 26.7 Å². The summed E-state index contributed by atoms with van der Waals surface area (Å²) in [7, 11) is 0. The van der Waals surface area contributed by atoms with E-state index in [2.05, 4.69) is 19.2 Å². The molecule has 0 aromatic rings. The molecule has 0 saturated heterocycles. The molecule has 0 atom stereocenters. The summed E-state index contributed by atoms with van der Waals surface area (Å²) in [5, 5.41) is 4.16. The van der Waals surface area contributed by atoms with E-state index in [4.69, 9.17) is 0 Å². The van der Waals surface area contributed by atoms with Gasteiger partial charge in [-0.2, -0.15) is 6.54 Å². The Bertz CT molecular complexity index is 27.7. The van der Waals surface area contributed by atoms with Crippen molar-refractivity contribution in [3.05, 3.63) is 5.32 Å². The minimum Gasteiger partial charge on any atom is -0.662 e. The van der Waals surface area contributed by atoms with Crippen LogP contribution in [0.5, 0.6) is 0 Å². The first-order chi connectivity index (χ1) is 3.41. The molecule has 2 heteroatoms. The molecule has 0 aliphatic heterocycles. The molecule has 0 aliphatic rings. The summed E-state index contributed by atoms with van der Waals surface area (Å²) in [4.78, 5) is 0. The molecule has 1 radical (unpaired) electrons. The summed E-state index contributed by atoms with van der Waals surface area (Å²) in [6, 6.07) is 0. The van der Waals surface area contributed by atoms with Crippen molar-refractivity contribution in [2.75, 3.05) is 13.1 Å². The standard InChI is InChI=1S/C6H14N.V/c1-3-5-6-7-4-2;/h3-6H2,1-2H3;/q-1;. The van der Waals surface area contributed by atoms with Gasteiger partial charge >= 0.3 is 0 Å². The molecule has 0 N–H and O–H groups in total. The smallest absolute Gasteiger partial charge is 0 e. The first-order valence-electron chi connectivity index (χ1n) is 3.05. The van der Waals surface area contributed by atoms with E-state index in [-0.39, 0.29) is 18.6 Å². The maximum atomic E-state index is 4.16. The van der Waals surface area contributed by atoms with Crippen LogP contribution in [-0.4, -0.2) is 13.1 Å². The van der Waals surface area contributed by atoms with Gasteiger partial charge in [-0.15, -0.1) is 6.54 Å². The van der Waals surface area contributed by atoms with Gasteiger partial charge in [0.25, 0.3) is 0 Å². The number of unbranched alkanes of at least 4 members (excludes halogenated alkanes) is 1. The van der Waals surface area contributed by atoms with Gasteiger partial charge in [0.2, 0.25) is 0 Å². The van der Waals surface area contributed by atoms with Gasteiger partial charge in [-0.3, -0.25) is 0 Å². The largest absolute Gasteiger partial charge is 0.662 e. The SMILES string of the molecule is CCCC[N-]CC.[V]. The zero-order valence-electron chi connectivity index (χ0n) is 5.72. The van der Waals surface area contributed by atoms with Gasteiger partial charge < -0.3 is 5.32 Å². The molecule has 0 saturated carbocycles. The number of rotatable bonds is 4. The van der Waals surface area contributed by atoms with Crippen molar-refractivity contribution in [3.63, 3.8) is 0 Å². The number of nitrogens with zero attached hydrogens (tertiary/aromatic N) is 1. The predicted molar refractivity (Wildman–Crippen MR) is 33.7 cm³/mol. The third-order valence-electron chi connectivity index (χ3n) is 0.893. The molecule has 0 rings (SSSR count).